The summed E-state index contributed by atoms with van der Waals surface area (Å²) < 4.78 is 10.6. The standard InChI is InChI=1S/C22H16ClN3O3/c1-28-17-9-5-8-16(13-17)24-21(27)18-10-2-3-11-19(18)22-25-20(26-29-22)14-6-4-7-15(23)12-14/h2-13H,1H3,(H,24,27). The first kappa shape index (κ1) is 18.7. The van der Waals surface area contributed by atoms with Gasteiger partial charge in [-0.3, -0.25) is 4.79 Å². The number of hydrogen-bond acceptors (Lipinski definition) is 5. The lowest BCUT2D eigenvalue weighted by molar-refractivity contribution is 0.102. The normalized spacial score (nSPS) is 10.6. The van der Waals surface area contributed by atoms with Gasteiger partial charge in [0.2, 0.25) is 5.82 Å². The number of amides is 1. The monoisotopic (exact) mass is 405 g/mol. The van der Waals surface area contributed by atoms with Crippen LogP contribution < -0.4 is 10.1 Å². The Kier molecular flexibility index (Phi) is 5.27. The number of nitrogens with one attached hydrogen (secondary N) is 1. The van der Waals surface area contributed by atoms with Crippen molar-refractivity contribution in [2.75, 3.05) is 12.4 Å². The van der Waals surface area contributed by atoms with Crippen LogP contribution in [0.3, 0.4) is 0 Å². The molecule has 0 atom stereocenters. The molecular formula is C22H16ClN3O3. The molecule has 1 aromatic heterocycles. The van der Waals surface area contributed by atoms with Gasteiger partial charge in [-0.2, -0.15) is 4.98 Å². The summed E-state index contributed by atoms with van der Waals surface area (Å²) in [5.74, 6) is 0.998. The molecule has 6 nitrogen and oxygen atoms in total. The quantitative estimate of drug-likeness (QED) is 0.486. The average Bonchev–Trinajstić information content (AvgIpc) is 3.24. The molecule has 0 aliphatic rings. The highest BCUT2D eigenvalue weighted by molar-refractivity contribution is 6.30. The average molecular weight is 406 g/mol. The van der Waals surface area contributed by atoms with Crippen LogP contribution in [0, 0.1) is 0 Å². The number of methoxy groups -OCH3 is 1. The molecule has 0 aliphatic carbocycles. The largest absolute Gasteiger partial charge is 0.497 e. The fraction of sp³-hybridized carbons (Fsp3) is 0.0455. The smallest absolute Gasteiger partial charge is 0.259 e. The van der Waals surface area contributed by atoms with Crippen LogP contribution in [0.2, 0.25) is 5.02 Å². The molecule has 1 N–H and O–H groups in total. The number of nitrogens with zero attached hydrogens (tertiary/aromatic N) is 2. The molecule has 29 heavy (non-hydrogen) atoms. The van der Waals surface area contributed by atoms with Gasteiger partial charge in [0.1, 0.15) is 5.75 Å². The van der Waals surface area contributed by atoms with Crippen LogP contribution in [0.25, 0.3) is 22.8 Å². The summed E-state index contributed by atoms with van der Waals surface area (Å²) in [5.41, 5.74) is 2.30. The number of ether oxygens (including phenoxy) is 1. The van der Waals surface area contributed by atoms with Gasteiger partial charge in [-0.25, -0.2) is 0 Å². The van der Waals surface area contributed by atoms with Gasteiger partial charge in [-0.1, -0.05) is 47.1 Å². The van der Waals surface area contributed by atoms with Gasteiger partial charge in [0.15, 0.2) is 0 Å². The lowest BCUT2D eigenvalue weighted by Gasteiger charge is -2.09. The number of anilines is 1. The van der Waals surface area contributed by atoms with Crippen molar-refractivity contribution in [3.8, 4) is 28.6 Å². The van der Waals surface area contributed by atoms with Crippen LogP contribution in [0.1, 0.15) is 10.4 Å². The van der Waals surface area contributed by atoms with Crippen molar-refractivity contribution in [2.45, 2.75) is 0 Å². The van der Waals surface area contributed by atoms with Crippen molar-refractivity contribution in [1.82, 2.24) is 10.1 Å². The lowest BCUT2D eigenvalue weighted by atomic mass is 10.1. The van der Waals surface area contributed by atoms with Crippen molar-refractivity contribution < 1.29 is 14.1 Å². The van der Waals surface area contributed by atoms with Gasteiger partial charge in [0, 0.05) is 22.3 Å². The molecule has 0 radical (unpaired) electrons. The molecule has 0 fully saturated rings. The third kappa shape index (κ3) is 4.12. The zero-order chi connectivity index (χ0) is 20.2. The molecule has 0 bridgehead atoms. The minimum atomic E-state index is -0.295. The summed E-state index contributed by atoms with van der Waals surface area (Å²) >= 11 is 6.04. The molecule has 7 heteroatoms. The molecule has 0 saturated carbocycles. The van der Waals surface area contributed by atoms with Gasteiger partial charge in [-0.05, 0) is 36.4 Å². The Bertz CT molecular complexity index is 1170. The Morgan fingerprint density at radius 1 is 1.03 bits per heavy atom. The molecular weight excluding hydrogens is 390 g/mol. The molecule has 1 heterocycles. The summed E-state index contributed by atoms with van der Waals surface area (Å²) in [6, 6.07) is 21.3. The Morgan fingerprint density at radius 2 is 1.86 bits per heavy atom. The molecule has 0 spiro atoms. The first-order chi connectivity index (χ1) is 14.1. The van der Waals surface area contributed by atoms with Crippen molar-refractivity contribution >= 4 is 23.2 Å². The van der Waals surface area contributed by atoms with Crippen molar-refractivity contribution in [1.29, 1.82) is 0 Å². The maximum absolute atomic E-state index is 12.9. The maximum Gasteiger partial charge on any atom is 0.259 e. The highest BCUT2D eigenvalue weighted by atomic mass is 35.5. The first-order valence-electron chi connectivity index (χ1n) is 8.78. The minimum Gasteiger partial charge on any atom is -0.497 e. The van der Waals surface area contributed by atoms with E-state index in [1.807, 2.05) is 12.1 Å². The second-order valence-corrected chi connectivity index (χ2v) is 6.60. The Labute approximate surface area is 172 Å². The van der Waals surface area contributed by atoms with Gasteiger partial charge >= 0.3 is 0 Å². The predicted molar refractivity (Wildman–Crippen MR) is 111 cm³/mol. The molecule has 4 aromatic rings. The Balaban J connectivity index is 1.64. The van der Waals surface area contributed by atoms with Crippen LogP contribution in [-0.4, -0.2) is 23.2 Å². The van der Waals surface area contributed by atoms with E-state index in [0.717, 1.165) is 5.56 Å². The number of carbonyl (C=O) groups excluding carboxylic acids is 1. The third-order valence-electron chi connectivity index (χ3n) is 4.24. The molecule has 0 unspecified atom stereocenters. The van der Waals surface area contributed by atoms with E-state index in [0.29, 0.717) is 33.4 Å². The van der Waals surface area contributed by atoms with Gasteiger partial charge in [-0.15, -0.1) is 0 Å². The van der Waals surface area contributed by atoms with E-state index in [1.165, 1.54) is 0 Å². The van der Waals surface area contributed by atoms with E-state index < -0.39 is 0 Å². The van der Waals surface area contributed by atoms with E-state index in [4.69, 9.17) is 20.9 Å². The maximum atomic E-state index is 12.9. The summed E-state index contributed by atoms with van der Waals surface area (Å²) in [6.45, 7) is 0. The fourth-order valence-corrected chi connectivity index (χ4v) is 3.03. The molecule has 0 aliphatic heterocycles. The SMILES string of the molecule is COc1cccc(NC(=O)c2ccccc2-c2nc(-c3cccc(Cl)c3)no2)c1. The van der Waals surface area contributed by atoms with Crippen molar-refractivity contribution in [2.24, 2.45) is 0 Å². The molecule has 144 valence electrons. The lowest BCUT2D eigenvalue weighted by Crippen LogP contribution is -2.13. The molecule has 3 aromatic carbocycles. The number of aromatic nitrogens is 2. The van der Waals surface area contributed by atoms with Gasteiger partial charge in [0.25, 0.3) is 11.8 Å². The van der Waals surface area contributed by atoms with E-state index >= 15 is 0 Å². The van der Waals surface area contributed by atoms with Crippen LogP contribution in [0.15, 0.2) is 77.3 Å². The van der Waals surface area contributed by atoms with E-state index in [9.17, 15) is 4.79 Å². The zero-order valence-electron chi connectivity index (χ0n) is 15.4. The zero-order valence-corrected chi connectivity index (χ0v) is 16.2. The number of rotatable bonds is 5. The van der Waals surface area contributed by atoms with E-state index in [2.05, 4.69) is 15.5 Å². The van der Waals surface area contributed by atoms with Gasteiger partial charge < -0.3 is 14.6 Å². The number of carbonyl (C=O) groups is 1. The van der Waals surface area contributed by atoms with E-state index in [-0.39, 0.29) is 11.8 Å². The van der Waals surface area contributed by atoms with Gasteiger partial charge in [0.05, 0.1) is 18.2 Å². The topological polar surface area (TPSA) is 77.2 Å². The molecule has 4 rings (SSSR count). The summed E-state index contributed by atoms with van der Waals surface area (Å²) in [5, 5.41) is 7.46. The van der Waals surface area contributed by atoms with E-state index in [1.54, 1.807) is 67.8 Å². The summed E-state index contributed by atoms with van der Waals surface area (Å²) in [7, 11) is 1.57. The van der Waals surface area contributed by atoms with Crippen LogP contribution >= 0.6 is 11.6 Å². The van der Waals surface area contributed by atoms with Crippen LogP contribution in [0.4, 0.5) is 5.69 Å². The highest BCUT2D eigenvalue weighted by Gasteiger charge is 2.18. The number of hydrogen-bond donors (Lipinski definition) is 1. The first-order valence-corrected chi connectivity index (χ1v) is 9.16. The predicted octanol–water partition coefficient (Wildman–Crippen LogP) is 5.32. The highest BCUT2D eigenvalue weighted by Crippen LogP contribution is 2.27. The minimum absolute atomic E-state index is 0.247. The number of halogens is 1. The van der Waals surface area contributed by atoms with Crippen molar-refractivity contribution in [3.63, 3.8) is 0 Å². The summed E-state index contributed by atoms with van der Waals surface area (Å²) in [6.07, 6.45) is 0. The number of benzene rings is 3. The fourth-order valence-electron chi connectivity index (χ4n) is 2.84. The Morgan fingerprint density at radius 3 is 2.69 bits per heavy atom. The Hall–Kier alpha value is -3.64. The molecule has 1 amide bonds. The second-order valence-electron chi connectivity index (χ2n) is 6.17. The molecule has 0 saturated heterocycles. The summed E-state index contributed by atoms with van der Waals surface area (Å²) in [4.78, 5) is 17.3. The second kappa shape index (κ2) is 8.16. The van der Waals surface area contributed by atoms with Crippen LogP contribution in [0.5, 0.6) is 5.75 Å². The van der Waals surface area contributed by atoms with Crippen LogP contribution in [-0.2, 0) is 0 Å². The third-order valence-corrected chi connectivity index (χ3v) is 4.47. The van der Waals surface area contributed by atoms with Crippen molar-refractivity contribution in [3.05, 3.63) is 83.4 Å².